The van der Waals surface area contributed by atoms with Gasteiger partial charge >= 0.3 is 18.7 Å². The summed E-state index contributed by atoms with van der Waals surface area (Å²) < 4.78 is 111. The molecule has 0 aliphatic heterocycles. The lowest BCUT2D eigenvalue weighted by atomic mass is 10.0. The van der Waals surface area contributed by atoms with E-state index in [1.165, 1.54) is 0 Å². The summed E-state index contributed by atoms with van der Waals surface area (Å²) in [6.07, 6.45) is -3.39. The molecule has 1 fully saturated rings. The number of halogens is 9. The summed E-state index contributed by atoms with van der Waals surface area (Å²) in [4.78, 5) is 12.4. The summed E-state index contributed by atoms with van der Waals surface area (Å²) in [5, 5.41) is 15.0. The van der Waals surface area contributed by atoms with Crippen LogP contribution in [0.3, 0.4) is 0 Å². The largest absolute Gasteiger partial charge is 0.459 e. The second-order valence-corrected chi connectivity index (χ2v) is 7.96. The number of hydrogen-bond donors (Lipinski definition) is 3. The molecule has 1 heterocycles. The normalized spacial score (nSPS) is 14.7. The van der Waals surface area contributed by atoms with Gasteiger partial charge < -0.3 is 20.8 Å². The highest BCUT2D eigenvalue weighted by Crippen LogP contribution is 2.49. The second-order valence-electron chi connectivity index (χ2n) is 7.55. The molecule has 1 amide bonds. The third kappa shape index (κ3) is 5.55. The Balaban J connectivity index is 2.03. The van der Waals surface area contributed by atoms with Crippen LogP contribution in [0, 0.1) is 11.2 Å². The molecule has 0 saturated heterocycles. The lowest BCUT2D eigenvalue weighted by Gasteiger charge is -2.18. The molecule has 0 unspecified atom stereocenters. The van der Waals surface area contributed by atoms with Crippen LogP contribution >= 0.6 is 11.6 Å². The number of nitrogens with zero attached hydrogens (tertiary/aromatic N) is 2. The van der Waals surface area contributed by atoms with E-state index < -0.39 is 47.7 Å². The molecular formula is C20H16ClF8N5O2. The summed E-state index contributed by atoms with van der Waals surface area (Å²) in [6.45, 7) is -3.80. The average Bonchev–Trinajstić information content (AvgIpc) is 3.51. The van der Waals surface area contributed by atoms with Crippen molar-refractivity contribution in [1.82, 2.24) is 15.1 Å². The fourth-order valence-electron chi connectivity index (χ4n) is 2.98. The third-order valence-corrected chi connectivity index (χ3v) is 5.22. The summed E-state index contributed by atoms with van der Waals surface area (Å²) in [7, 11) is 0.859. The van der Waals surface area contributed by atoms with Crippen molar-refractivity contribution in [3.63, 3.8) is 0 Å². The van der Waals surface area contributed by atoms with Gasteiger partial charge in [0, 0.05) is 36.6 Å². The molecule has 3 rings (SSSR count). The zero-order chi connectivity index (χ0) is 27.0. The number of anilines is 1. The van der Waals surface area contributed by atoms with Crippen LogP contribution in [0.1, 0.15) is 34.5 Å². The minimum Gasteiger partial charge on any atom is -0.429 e. The van der Waals surface area contributed by atoms with Gasteiger partial charge in [-0.1, -0.05) is 11.6 Å². The molecule has 1 saturated carbocycles. The molecule has 196 valence electrons. The first-order chi connectivity index (χ1) is 16.7. The summed E-state index contributed by atoms with van der Waals surface area (Å²) >= 11 is 5.94. The van der Waals surface area contributed by atoms with Crippen molar-refractivity contribution < 1.29 is 44.7 Å². The van der Waals surface area contributed by atoms with Gasteiger partial charge in [0.25, 0.3) is 5.91 Å². The zero-order valence-corrected chi connectivity index (χ0v) is 18.7. The van der Waals surface area contributed by atoms with Crippen LogP contribution in [0.2, 0.25) is 5.02 Å². The SMILES string of the molecule is Cn1nc(C(F)(F)C(F)(F)F)c(OC(F)F)c1N/C=C(\C=N)c1cc(C(=O)NC2CC2)c(Cl)cc1F. The molecule has 0 bridgehead atoms. The standard InChI is InChI=1S/C20H16ClF8N5O2/c1-34-16(14(36-18(23)24)15(33-34)19(25,26)20(27,28)29)31-7-8(6-30)10-4-11(12(21)5-13(10)22)17(35)32-9-2-3-9/h4-7,9,18,30-31H,2-3H2,1H3,(H,32,35)/b8-7+,30-6?. The summed E-state index contributed by atoms with van der Waals surface area (Å²) in [6, 6.07) is 1.72. The van der Waals surface area contributed by atoms with Gasteiger partial charge in [0.2, 0.25) is 0 Å². The zero-order valence-electron chi connectivity index (χ0n) is 18.0. The number of nitrogens with one attached hydrogen (secondary N) is 3. The van der Waals surface area contributed by atoms with Crippen LogP contribution in [0.4, 0.5) is 40.9 Å². The molecule has 1 aromatic carbocycles. The Morgan fingerprint density at radius 1 is 1.25 bits per heavy atom. The number of hydrogen-bond acceptors (Lipinski definition) is 5. The van der Waals surface area contributed by atoms with Crippen molar-refractivity contribution in [2.45, 2.75) is 37.6 Å². The van der Waals surface area contributed by atoms with E-state index in [0.29, 0.717) is 10.9 Å². The van der Waals surface area contributed by atoms with E-state index >= 15 is 0 Å². The van der Waals surface area contributed by atoms with Gasteiger partial charge in [0.1, 0.15) is 5.82 Å². The van der Waals surface area contributed by atoms with Crippen molar-refractivity contribution in [2.24, 2.45) is 7.05 Å². The van der Waals surface area contributed by atoms with Crippen LogP contribution in [-0.2, 0) is 13.0 Å². The van der Waals surface area contributed by atoms with Crippen LogP contribution in [0.25, 0.3) is 5.57 Å². The first kappa shape index (κ1) is 27.2. The topological polar surface area (TPSA) is 92.0 Å². The first-order valence-electron chi connectivity index (χ1n) is 9.91. The van der Waals surface area contributed by atoms with Crippen LogP contribution < -0.4 is 15.4 Å². The smallest absolute Gasteiger partial charge is 0.429 e. The van der Waals surface area contributed by atoms with Crippen LogP contribution in [0.5, 0.6) is 5.75 Å². The predicted molar refractivity (Wildman–Crippen MR) is 112 cm³/mol. The lowest BCUT2D eigenvalue weighted by Crippen LogP contribution is -2.34. The minimum atomic E-state index is -6.18. The molecule has 7 nitrogen and oxygen atoms in total. The van der Waals surface area contributed by atoms with E-state index in [1.54, 1.807) is 0 Å². The molecule has 0 spiro atoms. The number of ether oxygens (including phenoxy) is 1. The predicted octanol–water partition coefficient (Wildman–Crippen LogP) is 5.46. The van der Waals surface area contributed by atoms with Crippen LogP contribution in [-0.4, -0.2) is 40.7 Å². The van der Waals surface area contributed by atoms with Gasteiger partial charge in [0.05, 0.1) is 10.6 Å². The van der Waals surface area contributed by atoms with E-state index in [-0.39, 0.29) is 27.8 Å². The van der Waals surface area contributed by atoms with Gasteiger partial charge in [-0.3, -0.25) is 4.79 Å². The molecule has 0 atom stereocenters. The molecule has 3 N–H and O–H groups in total. The van der Waals surface area contributed by atoms with E-state index in [4.69, 9.17) is 17.0 Å². The fraction of sp³-hybridized carbons (Fsp3) is 0.350. The van der Waals surface area contributed by atoms with Gasteiger partial charge in [-0.15, -0.1) is 0 Å². The number of rotatable bonds is 9. The highest BCUT2D eigenvalue weighted by atomic mass is 35.5. The fourth-order valence-corrected chi connectivity index (χ4v) is 3.22. The lowest BCUT2D eigenvalue weighted by molar-refractivity contribution is -0.291. The summed E-state index contributed by atoms with van der Waals surface area (Å²) in [5.74, 6) is -9.79. The Morgan fingerprint density at radius 3 is 2.42 bits per heavy atom. The van der Waals surface area contributed by atoms with Crippen molar-refractivity contribution in [2.75, 3.05) is 5.32 Å². The Kier molecular flexibility index (Phi) is 7.53. The quantitative estimate of drug-likeness (QED) is 0.288. The maximum absolute atomic E-state index is 14.6. The number of carbonyl (C=O) groups is 1. The number of benzene rings is 1. The second kappa shape index (κ2) is 9.95. The molecule has 1 aromatic heterocycles. The molecule has 16 heteroatoms. The van der Waals surface area contributed by atoms with E-state index in [1.807, 2.05) is 0 Å². The number of aromatic nitrogens is 2. The Bertz CT molecular complexity index is 1210. The summed E-state index contributed by atoms with van der Waals surface area (Å²) in [5.41, 5.74) is -3.04. The van der Waals surface area contributed by atoms with Gasteiger partial charge in [0.15, 0.2) is 17.3 Å². The Labute approximate surface area is 202 Å². The number of alkyl halides is 7. The number of aryl methyl sites for hydroxylation is 1. The molecule has 0 radical (unpaired) electrons. The maximum Gasteiger partial charge on any atom is 0.459 e. The number of amides is 1. The van der Waals surface area contributed by atoms with E-state index in [0.717, 1.165) is 38.2 Å². The first-order valence-corrected chi connectivity index (χ1v) is 10.3. The molecule has 1 aliphatic rings. The molecule has 2 aromatic rings. The van der Waals surface area contributed by atoms with Gasteiger partial charge in [-0.2, -0.15) is 35.8 Å². The average molecular weight is 546 g/mol. The molecule has 36 heavy (non-hydrogen) atoms. The van der Waals surface area contributed by atoms with E-state index in [9.17, 15) is 39.9 Å². The highest BCUT2D eigenvalue weighted by molar-refractivity contribution is 6.34. The molecular weight excluding hydrogens is 530 g/mol. The van der Waals surface area contributed by atoms with Gasteiger partial charge in [-0.25, -0.2) is 9.07 Å². The monoisotopic (exact) mass is 545 g/mol. The van der Waals surface area contributed by atoms with Gasteiger partial charge in [-0.05, 0) is 25.0 Å². The number of allylic oxidation sites excluding steroid dienone is 1. The van der Waals surface area contributed by atoms with Crippen LogP contribution in [0.15, 0.2) is 18.3 Å². The molecule has 1 aliphatic carbocycles. The van der Waals surface area contributed by atoms with E-state index in [2.05, 4.69) is 20.5 Å². The maximum atomic E-state index is 14.6. The van der Waals surface area contributed by atoms with Crippen molar-refractivity contribution >= 4 is 35.1 Å². The Morgan fingerprint density at radius 2 is 1.89 bits per heavy atom. The number of carbonyl (C=O) groups excluding carboxylic acids is 1. The van der Waals surface area contributed by atoms with Crippen molar-refractivity contribution in [1.29, 1.82) is 5.41 Å². The van der Waals surface area contributed by atoms with Crippen molar-refractivity contribution in [3.05, 3.63) is 46.0 Å². The minimum absolute atomic E-state index is 0.0661. The third-order valence-electron chi connectivity index (χ3n) is 4.91. The highest BCUT2D eigenvalue weighted by Gasteiger charge is 2.62. The van der Waals surface area contributed by atoms with Crippen molar-refractivity contribution in [3.8, 4) is 5.75 Å². The Hall–Kier alpha value is -3.36.